The molecule has 0 heterocycles. The summed E-state index contributed by atoms with van der Waals surface area (Å²) in [6.07, 6.45) is 6.56. The van der Waals surface area contributed by atoms with Crippen LogP contribution in [-0.4, -0.2) is 35.8 Å². The molecular formula is C21H34ClN3O2. The van der Waals surface area contributed by atoms with E-state index in [1.807, 2.05) is 42.2 Å². The molecule has 0 saturated heterocycles. The lowest BCUT2D eigenvalue weighted by molar-refractivity contribution is -0.133. The van der Waals surface area contributed by atoms with E-state index in [0.717, 1.165) is 37.7 Å². The Morgan fingerprint density at radius 3 is 2.48 bits per heavy atom. The molecule has 1 saturated carbocycles. The molecular weight excluding hydrogens is 362 g/mol. The molecule has 6 heteroatoms. The third-order valence-corrected chi connectivity index (χ3v) is 5.05. The minimum atomic E-state index is -0.145. The Hall–Kier alpha value is -1.59. The highest BCUT2D eigenvalue weighted by Gasteiger charge is 2.24. The predicted molar refractivity (Wildman–Crippen MR) is 112 cm³/mol. The molecule has 0 spiro atoms. The molecule has 0 aromatic heterocycles. The molecule has 0 bridgehead atoms. The summed E-state index contributed by atoms with van der Waals surface area (Å²) in [6, 6.07) is 9.84. The molecule has 0 radical (unpaired) electrons. The number of rotatable bonds is 9. The molecule has 1 aromatic carbocycles. The third-order valence-electron chi connectivity index (χ3n) is 5.05. The van der Waals surface area contributed by atoms with Crippen LogP contribution in [0.2, 0.25) is 0 Å². The maximum atomic E-state index is 12.8. The Bertz CT molecular complexity index is 562. The number of amides is 2. The van der Waals surface area contributed by atoms with Crippen molar-refractivity contribution < 1.29 is 9.59 Å². The van der Waals surface area contributed by atoms with Gasteiger partial charge in [-0.25, -0.2) is 0 Å². The van der Waals surface area contributed by atoms with E-state index < -0.39 is 0 Å². The number of carbonyl (C=O) groups excluding carboxylic acids is 2. The van der Waals surface area contributed by atoms with Gasteiger partial charge in [-0.1, -0.05) is 49.6 Å². The van der Waals surface area contributed by atoms with Crippen LogP contribution in [0.1, 0.15) is 57.4 Å². The van der Waals surface area contributed by atoms with Gasteiger partial charge < -0.3 is 16.0 Å². The zero-order chi connectivity index (χ0) is 18.8. The highest BCUT2D eigenvalue weighted by Crippen LogP contribution is 2.23. The van der Waals surface area contributed by atoms with E-state index in [2.05, 4.69) is 5.32 Å². The van der Waals surface area contributed by atoms with Crippen molar-refractivity contribution in [3.05, 3.63) is 35.9 Å². The highest BCUT2D eigenvalue weighted by molar-refractivity contribution is 5.85. The zero-order valence-corrected chi connectivity index (χ0v) is 17.2. The second kappa shape index (κ2) is 12.7. The summed E-state index contributed by atoms with van der Waals surface area (Å²) in [4.78, 5) is 27.0. The Kier molecular flexibility index (Phi) is 11.1. The smallest absolute Gasteiger partial charge is 0.224 e. The van der Waals surface area contributed by atoms with E-state index in [1.165, 1.54) is 6.42 Å². The molecule has 1 fully saturated rings. The summed E-state index contributed by atoms with van der Waals surface area (Å²) >= 11 is 0. The Balaban J connectivity index is 0.00000364. The summed E-state index contributed by atoms with van der Waals surface area (Å²) in [5.74, 6) is 0.305. The number of benzene rings is 1. The van der Waals surface area contributed by atoms with Gasteiger partial charge in [-0.3, -0.25) is 9.59 Å². The monoisotopic (exact) mass is 395 g/mol. The van der Waals surface area contributed by atoms with E-state index in [-0.39, 0.29) is 36.2 Å². The van der Waals surface area contributed by atoms with Crippen molar-refractivity contribution >= 4 is 24.2 Å². The van der Waals surface area contributed by atoms with E-state index in [0.29, 0.717) is 26.1 Å². The summed E-state index contributed by atoms with van der Waals surface area (Å²) in [7, 11) is 0. The molecule has 1 aliphatic carbocycles. The Morgan fingerprint density at radius 1 is 1.19 bits per heavy atom. The van der Waals surface area contributed by atoms with Crippen LogP contribution in [-0.2, 0) is 16.1 Å². The lowest BCUT2D eigenvalue weighted by Crippen LogP contribution is -2.42. The number of hydrogen-bond donors (Lipinski definition) is 2. The standard InChI is InChI=1S/C21H33N3O2.ClH/c1-17(23-21(26)19-11-6-3-7-12-19)15-20(25)24(14-8-13-22)16-18-9-4-2-5-10-18;/h2,4-5,9-10,17,19H,3,6-8,11-16,22H2,1H3,(H,23,26);1H. The molecule has 2 amide bonds. The lowest BCUT2D eigenvalue weighted by atomic mass is 9.88. The molecule has 3 N–H and O–H groups in total. The van der Waals surface area contributed by atoms with Gasteiger partial charge in [0, 0.05) is 31.5 Å². The van der Waals surface area contributed by atoms with Gasteiger partial charge in [0.05, 0.1) is 0 Å². The number of nitrogens with zero attached hydrogens (tertiary/aromatic N) is 1. The third kappa shape index (κ3) is 8.31. The van der Waals surface area contributed by atoms with E-state index in [9.17, 15) is 9.59 Å². The average Bonchev–Trinajstić information content (AvgIpc) is 2.66. The molecule has 2 rings (SSSR count). The summed E-state index contributed by atoms with van der Waals surface area (Å²) in [6.45, 7) is 3.71. The molecule has 1 aliphatic rings. The van der Waals surface area contributed by atoms with Crippen LogP contribution in [0.15, 0.2) is 30.3 Å². The average molecular weight is 396 g/mol. The van der Waals surface area contributed by atoms with Crippen LogP contribution in [0.3, 0.4) is 0 Å². The van der Waals surface area contributed by atoms with Gasteiger partial charge in [0.2, 0.25) is 11.8 Å². The zero-order valence-electron chi connectivity index (χ0n) is 16.4. The Morgan fingerprint density at radius 2 is 1.85 bits per heavy atom. The first-order chi connectivity index (χ1) is 12.6. The van der Waals surface area contributed by atoms with Gasteiger partial charge in [-0.05, 0) is 38.3 Å². The fraction of sp³-hybridized carbons (Fsp3) is 0.619. The van der Waals surface area contributed by atoms with Gasteiger partial charge in [-0.2, -0.15) is 0 Å². The molecule has 1 aromatic rings. The molecule has 1 atom stereocenters. The van der Waals surface area contributed by atoms with Crippen LogP contribution in [0.4, 0.5) is 0 Å². The van der Waals surface area contributed by atoms with Crippen molar-refractivity contribution in [2.75, 3.05) is 13.1 Å². The molecule has 152 valence electrons. The number of nitrogens with two attached hydrogens (primary N) is 1. The van der Waals surface area contributed by atoms with Gasteiger partial charge in [0.25, 0.3) is 0 Å². The van der Waals surface area contributed by atoms with Gasteiger partial charge in [0.15, 0.2) is 0 Å². The van der Waals surface area contributed by atoms with Crippen molar-refractivity contribution in [2.45, 2.75) is 64.5 Å². The molecule has 0 aliphatic heterocycles. The lowest BCUT2D eigenvalue weighted by Gasteiger charge is -2.26. The fourth-order valence-corrected chi connectivity index (χ4v) is 3.55. The van der Waals surface area contributed by atoms with Crippen molar-refractivity contribution in [3.8, 4) is 0 Å². The molecule has 27 heavy (non-hydrogen) atoms. The van der Waals surface area contributed by atoms with Crippen LogP contribution in [0.25, 0.3) is 0 Å². The van der Waals surface area contributed by atoms with Gasteiger partial charge in [0.1, 0.15) is 0 Å². The normalized spacial score (nSPS) is 15.5. The summed E-state index contributed by atoms with van der Waals surface area (Å²) < 4.78 is 0. The van der Waals surface area contributed by atoms with Gasteiger partial charge >= 0.3 is 0 Å². The van der Waals surface area contributed by atoms with Crippen LogP contribution in [0.5, 0.6) is 0 Å². The van der Waals surface area contributed by atoms with Crippen LogP contribution < -0.4 is 11.1 Å². The number of hydrogen-bond acceptors (Lipinski definition) is 3. The van der Waals surface area contributed by atoms with Crippen molar-refractivity contribution in [3.63, 3.8) is 0 Å². The first-order valence-corrected chi connectivity index (χ1v) is 9.92. The van der Waals surface area contributed by atoms with Gasteiger partial charge in [-0.15, -0.1) is 12.4 Å². The van der Waals surface area contributed by atoms with Crippen LogP contribution in [0, 0.1) is 5.92 Å². The largest absolute Gasteiger partial charge is 0.353 e. The van der Waals surface area contributed by atoms with Crippen molar-refractivity contribution in [1.82, 2.24) is 10.2 Å². The van der Waals surface area contributed by atoms with E-state index in [4.69, 9.17) is 5.73 Å². The van der Waals surface area contributed by atoms with E-state index >= 15 is 0 Å². The minimum Gasteiger partial charge on any atom is -0.353 e. The summed E-state index contributed by atoms with van der Waals surface area (Å²) in [5, 5.41) is 3.04. The SMILES string of the molecule is CC(CC(=O)N(CCCN)Cc1ccccc1)NC(=O)C1CCCCC1.Cl. The molecule has 1 unspecified atom stereocenters. The quantitative estimate of drug-likeness (QED) is 0.673. The topological polar surface area (TPSA) is 75.4 Å². The maximum Gasteiger partial charge on any atom is 0.224 e. The second-order valence-corrected chi connectivity index (χ2v) is 7.39. The first kappa shape index (κ1) is 23.4. The first-order valence-electron chi connectivity index (χ1n) is 9.92. The van der Waals surface area contributed by atoms with Crippen LogP contribution >= 0.6 is 12.4 Å². The highest BCUT2D eigenvalue weighted by atomic mass is 35.5. The number of nitrogens with one attached hydrogen (secondary N) is 1. The minimum absolute atomic E-state index is 0. The number of halogens is 1. The predicted octanol–water partition coefficient (Wildman–Crippen LogP) is 3.26. The second-order valence-electron chi connectivity index (χ2n) is 7.39. The molecule has 5 nitrogen and oxygen atoms in total. The van der Waals surface area contributed by atoms with E-state index in [1.54, 1.807) is 0 Å². The number of carbonyl (C=O) groups is 2. The fourth-order valence-electron chi connectivity index (χ4n) is 3.55. The van der Waals surface area contributed by atoms with Crippen molar-refractivity contribution in [1.29, 1.82) is 0 Å². The van der Waals surface area contributed by atoms with Crippen molar-refractivity contribution in [2.24, 2.45) is 11.7 Å². The summed E-state index contributed by atoms with van der Waals surface area (Å²) in [5.41, 5.74) is 6.73. The Labute approximate surface area is 169 Å². The maximum absolute atomic E-state index is 12.8.